The standard InChI is InChI=1S/C11H9BrFN3OS/c1-6-10(18-16-15-6)11(17)14-5-7-4-8(12)2-3-9(7)13/h2-4H,5H2,1H3,(H,14,17). The molecule has 0 radical (unpaired) electrons. The first-order valence-corrected chi connectivity index (χ1v) is 6.65. The Balaban J connectivity index is 2.06. The van der Waals surface area contributed by atoms with Gasteiger partial charge >= 0.3 is 0 Å². The molecular weight excluding hydrogens is 321 g/mol. The minimum absolute atomic E-state index is 0.126. The molecule has 2 aromatic rings. The van der Waals surface area contributed by atoms with Gasteiger partial charge in [-0.1, -0.05) is 20.4 Å². The molecule has 0 unspecified atom stereocenters. The van der Waals surface area contributed by atoms with Crippen LogP contribution in [0.25, 0.3) is 0 Å². The number of benzene rings is 1. The molecule has 18 heavy (non-hydrogen) atoms. The van der Waals surface area contributed by atoms with Crippen molar-refractivity contribution >= 4 is 33.4 Å². The lowest BCUT2D eigenvalue weighted by Crippen LogP contribution is -2.23. The van der Waals surface area contributed by atoms with Gasteiger partial charge in [-0.05, 0) is 36.7 Å². The summed E-state index contributed by atoms with van der Waals surface area (Å²) < 4.78 is 17.9. The van der Waals surface area contributed by atoms with Crippen LogP contribution < -0.4 is 5.32 Å². The minimum Gasteiger partial charge on any atom is -0.347 e. The van der Waals surface area contributed by atoms with E-state index < -0.39 is 0 Å². The summed E-state index contributed by atoms with van der Waals surface area (Å²) in [4.78, 5) is 12.2. The summed E-state index contributed by atoms with van der Waals surface area (Å²) in [5, 5.41) is 6.39. The lowest BCUT2D eigenvalue weighted by molar-refractivity contribution is 0.0954. The number of halogens is 2. The largest absolute Gasteiger partial charge is 0.347 e. The van der Waals surface area contributed by atoms with Crippen LogP contribution in [0, 0.1) is 12.7 Å². The van der Waals surface area contributed by atoms with E-state index in [1.165, 1.54) is 6.07 Å². The van der Waals surface area contributed by atoms with Gasteiger partial charge in [-0.25, -0.2) is 4.39 Å². The molecule has 1 N–H and O–H groups in total. The van der Waals surface area contributed by atoms with Crippen molar-refractivity contribution in [3.63, 3.8) is 0 Å². The third-order valence-electron chi connectivity index (χ3n) is 2.30. The van der Waals surface area contributed by atoms with Crippen LogP contribution >= 0.6 is 27.5 Å². The number of aryl methyl sites for hydroxylation is 1. The third-order valence-corrected chi connectivity index (χ3v) is 3.62. The van der Waals surface area contributed by atoms with Crippen molar-refractivity contribution in [1.82, 2.24) is 14.9 Å². The molecule has 0 aliphatic carbocycles. The van der Waals surface area contributed by atoms with Gasteiger partial charge in [0.1, 0.15) is 10.7 Å². The molecule has 1 aromatic heterocycles. The SMILES string of the molecule is Cc1nnsc1C(=O)NCc1cc(Br)ccc1F. The summed E-state index contributed by atoms with van der Waals surface area (Å²) >= 11 is 4.28. The van der Waals surface area contributed by atoms with Gasteiger partial charge in [-0.2, -0.15) is 0 Å². The van der Waals surface area contributed by atoms with Crippen LogP contribution in [0.1, 0.15) is 20.9 Å². The predicted octanol–water partition coefficient (Wildman–Crippen LogP) is 2.68. The van der Waals surface area contributed by atoms with Gasteiger partial charge in [-0.3, -0.25) is 4.79 Å². The van der Waals surface area contributed by atoms with Crippen molar-refractivity contribution in [1.29, 1.82) is 0 Å². The number of amides is 1. The maximum Gasteiger partial charge on any atom is 0.265 e. The lowest BCUT2D eigenvalue weighted by Gasteiger charge is -2.05. The number of nitrogens with one attached hydrogen (secondary N) is 1. The second-order valence-corrected chi connectivity index (χ2v) is 5.28. The fourth-order valence-corrected chi connectivity index (χ4v) is 2.36. The molecule has 1 amide bonds. The van der Waals surface area contributed by atoms with Gasteiger partial charge in [0.25, 0.3) is 5.91 Å². The fraction of sp³-hybridized carbons (Fsp3) is 0.182. The molecule has 7 heteroatoms. The molecule has 0 saturated heterocycles. The van der Waals surface area contributed by atoms with E-state index in [0.29, 0.717) is 16.1 Å². The van der Waals surface area contributed by atoms with E-state index in [2.05, 4.69) is 30.8 Å². The highest BCUT2D eigenvalue weighted by atomic mass is 79.9. The summed E-state index contributed by atoms with van der Waals surface area (Å²) in [5.41, 5.74) is 1.00. The number of hydrogen-bond donors (Lipinski definition) is 1. The van der Waals surface area contributed by atoms with Gasteiger partial charge < -0.3 is 5.32 Å². The maximum absolute atomic E-state index is 13.4. The van der Waals surface area contributed by atoms with E-state index in [9.17, 15) is 9.18 Å². The van der Waals surface area contributed by atoms with E-state index in [1.807, 2.05) is 0 Å². The Bertz CT molecular complexity index is 587. The monoisotopic (exact) mass is 329 g/mol. The zero-order chi connectivity index (χ0) is 13.1. The number of carbonyl (C=O) groups is 1. The number of carbonyl (C=O) groups excluding carboxylic acids is 1. The Hall–Kier alpha value is -1.34. The van der Waals surface area contributed by atoms with Crippen molar-refractivity contribution in [2.75, 3.05) is 0 Å². The van der Waals surface area contributed by atoms with E-state index in [4.69, 9.17) is 0 Å². The van der Waals surface area contributed by atoms with Crippen LogP contribution in [0.4, 0.5) is 4.39 Å². The van der Waals surface area contributed by atoms with E-state index in [0.717, 1.165) is 16.0 Å². The van der Waals surface area contributed by atoms with Crippen molar-refractivity contribution in [3.8, 4) is 0 Å². The normalized spacial score (nSPS) is 10.4. The Labute approximate surface area is 116 Å². The molecule has 1 aromatic carbocycles. The molecule has 0 atom stereocenters. The van der Waals surface area contributed by atoms with Crippen LogP contribution in [0.5, 0.6) is 0 Å². The van der Waals surface area contributed by atoms with Crippen molar-refractivity contribution in [2.45, 2.75) is 13.5 Å². The second kappa shape index (κ2) is 5.53. The Morgan fingerprint density at radius 2 is 2.33 bits per heavy atom. The number of nitrogens with zero attached hydrogens (tertiary/aromatic N) is 2. The molecule has 4 nitrogen and oxygen atoms in total. The second-order valence-electron chi connectivity index (χ2n) is 3.61. The first kappa shape index (κ1) is 13.1. The first-order chi connectivity index (χ1) is 8.58. The molecule has 0 aliphatic rings. The van der Waals surface area contributed by atoms with Gasteiger partial charge in [0.2, 0.25) is 0 Å². The van der Waals surface area contributed by atoms with Crippen LogP contribution in [-0.4, -0.2) is 15.5 Å². The molecule has 2 rings (SSSR count). The molecule has 1 heterocycles. The topological polar surface area (TPSA) is 54.9 Å². The van der Waals surface area contributed by atoms with Crippen LogP contribution in [-0.2, 0) is 6.54 Å². The zero-order valence-electron chi connectivity index (χ0n) is 9.41. The van der Waals surface area contributed by atoms with Crippen molar-refractivity contribution < 1.29 is 9.18 Å². The smallest absolute Gasteiger partial charge is 0.265 e. The number of hydrogen-bond acceptors (Lipinski definition) is 4. The maximum atomic E-state index is 13.4. The summed E-state index contributed by atoms with van der Waals surface area (Å²) in [6.07, 6.45) is 0. The molecule has 0 spiro atoms. The van der Waals surface area contributed by atoms with E-state index in [-0.39, 0.29) is 18.3 Å². The summed E-state index contributed by atoms with van der Waals surface area (Å²) in [6, 6.07) is 4.59. The Morgan fingerprint density at radius 3 is 3.00 bits per heavy atom. The molecule has 0 bridgehead atoms. The average Bonchev–Trinajstić information content (AvgIpc) is 2.76. The predicted molar refractivity (Wildman–Crippen MR) is 69.9 cm³/mol. The van der Waals surface area contributed by atoms with Crippen molar-refractivity contribution in [3.05, 3.63) is 44.6 Å². The van der Waals surface area contributed by atoms with Gasteiger partial charge in [0.05, 0.1) is 5.69 Å². The van der Waals surface area contributed by atoms with E-state index in [1.54, 1.807) is 19.1 Å². The van der Waals surface area contributed by atoms with Gasteiger partial charge in [-0.15, -0.1) is 5.10 Å². The highest BCUT2D eigenvalue weighted by molar-refractivity contribution is 9.10. The Morgan fingerprint density at radius 1 is 1.56 bits per heavy atom. The Kier molecular flexibility index (Phi) is 4.03. The van der Waals surface area contributed by atoms with E-state index >= 15 is 0 Å². The summed E-state index contributed by atoms with van der Waals surface area (Å²) in [5.74, 6) is -0.639. The minimum atomic E-state index is -0.349. The van der Waals surface area contributed by atoms with Crippen LogP contribution in [0.2, 0.25) is 0 Å². The highest BCUT2D eigenvalue weighted by Gasteiger charge is 2.13. The first-order valence-electron chi connectivity index (χ1n) is 5.09. The molecule has 0 aliphatic heterocycles. The number of aromatic nitrogens is 2. The molecule has 0 fully saturated rings. The summed E-state index contributed by atoms with van der Waals surface area (Å²) in [7, 11) is 0. The number of rotatable bonds is 3. The zero-order valence-corrected chi connectivity index (χ0v) is 11.8. The fourth-order valence-electron chi connectivity index (χ4n) is 1.37. The van der Waals surface area contributed by atoms with Gasteiger partial charge in [0, 0.05) is 16.6 Å². The molecular formula is C11H9BrFN3OS. The van der Waals surface area contributed by atoms with Crippen molar-refractivity contribution in [2.24, 2.45) is 0 Å². The quantitative estimate of drug-likeness (QED) is 0.941. The average molecular weight is 330 g/mol. The third kappa shape index (κ3) is 2.91. The molecule has 94 valence electrons. The molecule has 0 saturated carbocycles. The van der Waals surface area contributed by atoms with Gasteiger partial charge in [0.15, 0.2) is 0 Å². The highest BCUT2D eigenvalue weighted by Crippen LogP contribution is 2.16. The van der Waals surface area contributed by atoms with Crippen LogP contribution in [0.15, 0.2) is 22.7 Å². The van der Waals surface area contributed by atoms with Crippen LogP contribution in [0.3, 0.4) is 0 Å². The summed E-state index contributed by atoms with van der Waals surface area (Å²) in [6.45, 7) is 1.83. The lowest BCUT2D eigenvalue weighted by atomic mass is 10.2.